The third-order valence-corrected chi connectivity index (χ3v) is 5.44. The van der Waals surface area contributed by atoms with E-state index in [2.05, 4.69) is 15.0 Å². The van der Waals surface area contributed by atoms with Crippen LogP contribution in [0.15, 0.2) is 65.7 Å². The second-order valence-corrected chi connectivity index (χ2v) is 7.68. The number of nitrogens with one attached hydrogen (secondary N) is 2. The lowest BCUT2D eigenvalue weighted by molar-refractivity contribution is 0.354. The molecule has 0 fully saturated rings. The van der Waals surface area contributed by atoms with Crippen LogP contribution in [0, 0.1) is 6.92 Å². The molecule has 0 aliphatic heterocycles. The summed E-state index contributed by atoms with van der Waals surface area (Å²) in [7, 11) is -0.883. The molecule has 3 aromatic rings. The highest BCUT2D eigenvalue weighted by molar-refractivity contribution is 7.92. The largest absolute Gasteiger partial charge is 0.493 e. The van der Waals surface area contributed by atoms with Gasteiger partial charge in [-0.05, 0) is 42.8 Å². The SMILES string of the molecule is COc1ccc(S(=O)(=O)Nc2ccc(Nc3ccccc3C)cn2)cc1OC. The maximum atomic E-state index is 12.6. The third-order valence-electron chi connectivity index (χ3n) is 4.09. The monoisotopic (exact) mass is 399 g/mol. The molecule has 8 heteroatoms. The Balaban J connectivity index is 1.77. The number of nitrogens with zero attached hydrogens (tertiary/aromatic N) is 1. The van der Waals surface area contributed by atoms with Crippen LogP contribution in [0.3, 0.4) is 0 Å². The molecule has 0 bridgehead atoms. The van der Waals surface area contributed by atoms with E-state index in [1.54, 1.807) is 18.3 Å². The number of hydrogen-bond donors (Lipinski definition) is 2. The lowest BCUT2D eigenvalue weighted by atomic mass is 10.2. The first-order valence-corrected chi connectivity index (χ1v) is 9.95. The molecule has 0 radical (unpaired) electrons. The summed E-state index contributed by atoms with van der Waals surface area (Å²) in [6.45, 7) is 2.00. The molecule has 0 aliphatic rings. The number of ether oxygens (including phenoxy) is 2. The number of pyridine rings is 1. The van der Waals surface area contributed by atoms with Crippen molar-refractivity contribution in [2.45, 2.75) is 11.8 Å². The Morgan fingerprint density at radius 2 is 1.68 bits per heavy atom. The van der Waals surface area contributed by atoms with Gasteiger partial charge in [0.1, 0.15) is 5.82 Å². The summed E-state index contributed by atoms with van der Waals surface area (Å²) in [5, 5.41) is 3.25. The number of rotatable bonds is 7. The van der Waals surface area contributed by atoms with Gasteiger partial charge in [0.2, 0.25) is 0 Å². The molecule has 7 nitrogen and oxygen atoms in total. The second-order valence-electron chi connectivity index (χ2n) is 5.99. The van der Waals surface area contributed by atoms with Gasteiger partial charge in [-0.1, -0.05) is 18.2 Å². The van der Waals surface area contributed by atoms with Gasteiger partial charge in [-0.25, -0.2) is 13.4 Å². The minimum Gasteiger partial charge on any atom is -0.493 e. The fraction of sp³-hybridized carbons (Fsp3) is 0.150. The minimum absolute atomic E-state index is 0.0501. The topological polar surface area (TPSA) is 89.6 Å². The summed E-state index contributed by atoms with van der Waals surface area (Å²) in [5.74, 6) is 0.993. The molecular formula is C20H21N3O4S. The smallest absolute Gasteiger partial charge is 0.263 e. The van der Waals surface area contributed by atoms with Crippen molar-refractivity contribution in [2.24, 2.45) is 0 Å². The third kappa shape index (κ3) is 4.34. The fourth-order valence-corrected chi connectivity index (χ4v) is 3.60. The van der Waals surface area contributed by atoms with Crippen molar-refractivity contribution in [1.29, 1.82) is 0 Å². The van der Waals surface area contributed by atoms with Crippen LogP contribution in [0.2, 0.25) is 0 Å². The Bertz CT molecular complexity index is 1070. The van der Waals surface area contributed by atoms with E-state index in [9.17, 15) is 8.42 Å². The van der Waals surface area contributed by atoms with Gasteiger partial charge < -0.3 is 14.8 Å². The number of benzene rings is 2. The van der Waals surface area contributed by atoms with E-state index >= 15 is 0 Å². The van der Waals surface area contributed by atoms with E-state index in [-0.39, 0.29) is 10.7 Å². The highest BCUT2D eigenvalue weighted by Gasteiger charge is 2.17. The number of para-hydroxylation sites is 1. The fourth-order valence-electron chi connectivity index (χ4n) is 2.58. The first-order valence-electron chi connectivity index (χ1n) is 8.46. The van der Waals surface area contributed by atoms with E-state index in [0.717, 1.165) is 16.9 Å². The summed E-state index contributed by atoms with van der Waals surface area (Å²) in [6, 6.07) is 15.6. The van der Waals surface area contributed by atoms with Crippen molar-refractivity contribution in [1.82, 2.24) is 4.98 Å². The molecule has 28 heavy (non-hydrogen) atoms. The number of anilines is 3. The van der Waals surface area contributed by atoms with Crippen LogP contribution >= 0.6 is 0 Å². The van der Waals surface area contributed by atoms with Gasteiger partial charge in [-0.2, -0.15) is 0 Å². The zero-order chi connectivity index (χ0) is 20.1. The predicted molar refractivity (Wildman–Crippen MR) is 109 cm³/mol. The molecule has 0 saturated heterocycles. The van der Waals surface area contributed by atoms with Gasteiger partial charge in [0, 0.05) is 11.8 Å². The van der Waals surface area contributed by atoms with E-state index < -0.39 is 10.0 Å². The normalized spacial score (nSPS) is 11.0. The Morgan fingerprint density at radius 1 is 0.929 bits per heavy atom. The Kier molecular flexibility index (Phi) is 5.70. The summed E-state index contributed by atoms with van der Waals surface area (Å²) in [5.41, 5.74) is 2.81. The quantitative estimate of drug-likeness (QED) is 0.625. The molecule has 1 aromatic heterocycles. The molecule has 2 N–H and O–H groups in total. The van der Waals surface area contributed by atoms with Crippen molar-refractivity contribution in [3.63, 3.8) is 0 Å². The zero-order valence-electron chi connectivity index (χ0n) is 15.8. The first kappa shape index (κ1) is 19.5. The van der Waals surface area contributed by atoms with E-state index in [0.29, 0.717) is 11.5 Å². The number of methoxy groups -OCH3 is 2. The molecule has 0 unspecified atom stereocenters. The summed E-state index contributed by atoms with van der Waals surface area (Å²) in [4.78, 5) is 4.23. The molecule has 0 atom stereocenters. The van der Waals surface area contributed by atoms with Crippen molar-refractivity contribution in [3.8, 4) is 11.5 Å². The zero-order valence-corrected chi connectivity index (χ0v) is 16.6. The van der Waals surface area contributed by atoms with Gasteiger partial charge in [0.25, 0.3) is 10.0 Å². The van der Waals surface area contributed by atoms with E-state index in [4.69, 9.17) is 9.47 Å². The minimum atomic E-state index is -3.82. The summed E-state index contributed by atoms with van der Waals surface area (Å²) < 4.78 is 38.0. The van der Waals surface area contributed by atoms with Crippen molar-refractivity contribution in [2.75, 3.05) is 24.3 Å². The van der Waals surface area contributed by atoms with Crippen LogP contribution < -0.4 is 19.5 Å². The van der Waals surface area contributed by atoms with Crippen LogP contribution in [0.25, 0.3) is 0 Å². The Morgan fingerprint density at radius 3 is 2.32 bits per heavy atom. The van der Waals surface area contributed by atoms with Gasteiger partial charge in [0.05, 0.1) is 31.0 Å². The van der Waals surface area contributed by atoms with Crippen LogP contribution in [0.5, 0.6) is 11.5 Å². The molecule has 0 spiro atoms. The van der Waals surface area contributed by atoms with Crippen LogP contribution in [-0.4, -0.2) is 27.6 Å². The van der Waals surface area contributed by atoms with Crippen LogP contribution in [-0.2, 0) is 10.0 Å². The molecule has 0 aliphatic carbocycles. The summed E-state index contributed by atoms with van der Waals surface area (Å²) >= 11 is 0. The van der Waals surface area contributed by atoms with Gasteiger partial charge in [0.15, 0.2) is 11.5 Å². The highest BCUT2D eigenvalue weighted by Crippen LogP contribution is 2.30. The van der Waals surface area contributed by atoms with Crippen molar-refractivity contribution in [3.05, 3.63) is 66.4 Å². The number of sulfonamides is 1. The number of aryl methyl sites for hydroxylation is 1. The second kappa shape index (κ2) is 8.18. The highest BCUT2D eigenvalue weighted by atomic mass is 32.2. The standard InChI is InChI=1S/C20H21N3O4S/c1-14-6-4-5-7-17(14)22-15-8-11-20(21-13-15)23-28(24,25)16-9-10-18(26-2)19(12-16)27-3/h4-13,22H,1-3H3,(H,21,23). The predicted octanol–water partition coefficient (Wildman–Crippen LogP) is 3.95. The lowest BCUT2D eigenvalue weighted by Gasteiger charge is -2.12. The molecule has 146 valence electrons. The molecular weight excluding hydrogens is 378 g/mol. The van der Waals surface area contributed by atoms with Crippen molar-refractivity contribution >= 4 is 27.2 Å². The molecule has 3 rings (SSSR count). The molecule has 2 aromatic carbocycles. The van der Waals surface area contributed by atoms with Crippen LogP contribution in [0.4, 0.5) is 17.2 Å². The average Bonchev–Trinajstić information content (AvgIpc) is 2.70. The first-order chi connectivity index (χ1) is 13.4. The Hall–Kier alpha value is -3.26. The molecule has 0 amide bonds. The maximum Gasteiger partial charge on any atom is 0.263 e. The van der Waals surface area contributed by atoms with Gasteiger partial charge in [-0.15, -0.1) is 0 Å². The van der Waals surface area contributed by atoms with Crippen LogP contribution in [0.1, 0.15) is 5.56 Å². The summed E-state index contributed by atoms with van der Waals surface area (Å²) in [6.07, 6.45) is 1.57. The molecule has 1 heterocycles. The van der Waals surface area contributed by atoms with Gasteiger partial charge >= 0.3 is 0 Å². The Labute approximate surface area is 164 Å². The maximum absolute atomic E-state index is 12.6. The van der Waals surface area contributed by atoms with E-state index in [1.165, 1.54) is 32.4 Å². The number of hydrogen-bond acceptors (Lipinski definition) is 6. The van der Waals surface area contributed by atoms with E-state index in [1.807, 2.05) is 31.2 Å². The average molecular weight is 399 g/mol. The van der Waals surface area contributed by atoms with Crippen molar-refractivity contribution < 1.29 is 17.9 Å². The number of aromatic nitrogens is 1. The van der Waals surface area contributed by atoms with Gasteiger partial charge in [-0.3, -0.25) is 4.72 Å². The lowest BCUT2D eigenvalue weighted by Crippen LogP contribution is -2.14. The molecule has 0 saturated carbocycles.